The normalized spacial score (nSPS) is 12.1. The molecule has 3 aromatic rings. The molecule has 2 aromatic carbocycles. The zero-order chi connectivity index (χ0) is 24.1. The molecule has 3 rings (SSSR count). The summed E-state index contributed by atoms with van der Waals surface area (Å²) in [6.07, 6.45) is 1.62. The highest BCUT2D eigenvalue weighted by Crippen LogP contribution is 2.30. The number of rotatable bonds is 9. The molecule has 0 aliphatic carbocycles. The number of amides is 1. The van der Waals surface area contributed by atoms with Crippen molar-refractivity contribution in [2.75, 3.05) is 0 Å². The van der Waals surface area contributed by atoms with E-state index in [1.165, 1.54) is 10.6 Å². The number of hydrogen-bond donors (Lipinski definition) is 1. The molecule has 0 aliphatic rings. The molecule has 7 nitrogen and oxygen atoms in total. The van der Waals surface area contributed by atoms with E-state index >= 15 is 4.39 Å². The van der Waals surface area contributed by atoms with Crippen molar-refractivity contribution in [3.8, 4) is 11.4 Å². The summed E-state index contributed by atoms with van der Waals surface area (Å²) in [6.45, 7) is 7.67. The molecule has 0 saturated heterocycles. The third-order valence-electron chi connectivity index (χ3n) is 5.80. The number of nitrogens with zero attached hydrogens (tertiary/aromatic N) is 3. The molecule has 1 N–H and O–H groups in total. The van der Waals surface area contributed by atoms with Gasteiger partial charge in [-0.2, -0.15) is 4.68 Å². The SMILES string of the molecule is CCc1nn(-c2cc(OC(C)c3ccccc3)c(C(=O)NC(CC)CC)cc2F)c(=O)n1C. The van der Waals surface area contributed by atoms with E-state index in [1.54, 1.807) is 7.05 Å². The second-order valence-electron chi connectivity index (χ2n) is 7.98. The first-order valence-corrected chi connectivity index (χ1v) is 11.3. The molecular weight excluding hydrogens is 423 g/mol. The second kappa shape index (κ2) is 10.5. The Hall–Kier alpha value is -3.42. The van der Waals surface area contributed by atoms with E-state index in [-0.39, 0.29) is 23.0 Å². The lowest BCUT2D eigenvalue weighted by Crippen LogP contribution is -2.34. The van der Waals surface area contributed by atoms with Crippen molar-refractivity contribution < 1.29 is 13.9 Å². The lowest BCUT2D eigenvalue weighted by molar-refractivity contribution is 0.0927. The van der Waals surface area contributed by atoms with Gasteiger partial charge in [0.05, 0.1) is 5.56 Å². The lowest BCUT2D eigenvalue weighted by Gasteiger charge is -2.20. The average Bonchev–Trinajstić information content (AvgIpc) is 3.12. The van der Waals surface area contributed by atoms with Gasteiger partial charge in [-0.05, 0) is 31.4 Å². The molecule has 0 bridgehead atoms. The van der Waals surface area contributed by atoms with Gasteiger partial charge in [-0.3, -0.25) is 9.36 Å². The van der Waals surface area contributed by atoms with Gasteiger partial charge in [-0.15, -0.1) is 5.10 Å². The highest BCUT2D eigenvalue weighted by molar-refractivity contribution is 5.97. The number of nitrogens with one attached hydrogen (secondary N) is 1. The summed E-state index contributed by atoms with van der Waals surface area (Å²) in [5.74, 6) is -0.448. The third kappa shape index (κ3) is 5.16. The van der Waals surface area contributed by atoms with Crippen LogP contribution in [0.3, 0.4) is 0 Å². The van der Waals surface area contributed by atoms with Crippen LogP contribution in [0.4, 0.5) is 4.39 Å². The molecule has 1 aromatic heterocycles. The summed E-state index contributed by atoms with van der Waals surface area (Å²) in [5, 5.41) is 7.19. The quantitative estimate of drug-likeness (QED) is 0.522. The van der Waals surface area contributed by atoms with Crippen LogP contribution in [0.1, 0.15) is 68.4 Å². The fraction of sp³-hybridized carbons (Fsp3) is 0.400. The average molecular weight is 455 g/mol. The van der Waals surface area contributed by atoms with Crippen molar-refractivity contribution in [3.05, 3.63) is 75.7 Å². The minimum absolute atomic E-state index is 0.0369. The van der Waals surface area contributed by atoms with E-state index in [2.05, 4.69) is 10.4 Å². The van der Waals surface area contributed by atoms with Crippen LogP contribution in [0.2, 0.25) is 0 Å². The van der Waals surface area contributed by atoms with Crippen LogP contribution in [-0.4, -0.2) is 26.3 Å². The molecule has 8 heteroatoms. The largest absolute Gasteiger partial charge is 0.485 e. The van der Waals surface area contributed by atoms with E-state index in [0.29, 0.717) is 12.2 Å². The van der Waals surface area contributed by atoms with Crippen molar-refractivity contribution >= 4 is 5.91 Å². The van der Waals surface area contributed by atoms with Gasteiger partial charge in [0.1, 0.15) is 29.2 Å². The van der Waals surface area contributed by atoms with Gasteiger partial charge in [0.25, 0.3) is 5.91 Å². The Morgan fingerprint density at radius 3 is 2.39 bits per heavy atom. The summed E-state index contributed by atoms with van der Waals surface area (Å²) in [4.78, 5) is 25.7. The third-order valence-corrected chi connectivity index (χ3v) is 5.80. The van der Waals surface area contributed by atoms with Gasteiger partial charge >= 0.3 is 5.69 Å². The molecule has 0 aliphatic heterocycles. The number of aryl methyl sites for hydroxylation is 1. The summed E-state index contributed by atoms with van der Waals surface area (Å²) < 4.78 is 23.7. The Bertz CT molecular complexity index is 1170. The van der Waals surface area contributed by atoms with Crippen molar-refractivity contribution in [2.45, 2.75) is 59.1 Å². The van der Waals surface area contributed by atoms with Gasteiger partial charge in [0.15, 0.2) is 0 Å². The number of hydrogen-bond acceptors (Lipinski definition) is 4. The smallest absolute Gasteiger partial charge is 0.350 e. The number of ether oxygens (including phenoxy) is 1. The van der Waals surface area contributed by atoms with Gasteiger partial charge < -0.3 is 10.1 Å². The van der Waals surface area contributed by atoms with E-state index in [0.717, 1.165) is 29.2 Å². The molecule has 0 fully saturated rings. The maximum Gasteiger partial charge on any atom is 0.350 e. The zero-order valence-corrected chi connectivity index (χ0v) is 19.8. The van der Waals surface area contributed by atoms with Crippen LogP contribution in [0, 0.1) is 5.82 Å². The Balaban J connectivity index is 2.10. The topological polar surface area (TPSA) is 78.2 Å². The number of aromatic nitrogens is 3. The summed E-state index contributed by atoms with van der Waals surface area (Å²) >= 11 is 0. The molecule has 0 spiro atoms. The van der Waals surface area contributed by atoms with Crippen LogP contribution in [0.25, 0.3) is 5.69 Å². The van der Waals surface area contributed by atoms with Crippen LogP contribution in [0.15, 0.2) is 47.3 Å². The summed E-state index contributed by atoms with van der Waals surface area (Å²) in [5.41, 5.74) is 0.440. The van der Waals surface area contributed by atoms with Gasteiger partial charge in [0.2, 0.25) is 0 Å². The highest BCUT2D eigenvalue weighted by atomic mass is 19.1. The lowest BCUT2D eigenvalue weighted by atomic mass is 10.1. The Morgan fingerprint density at radius 1 is 1.15 bits per heavy atom. The highest BCUT2D eigenvalue weighted by Gasteiger charge is 2.23. The molecule has 176 valence electrons. The minimum atomic E-state index is -0.729. The maximum atomic E-state index is 15.2. The monoisotopic (exact) mass is 454 g/mol. The van der Waals surface area contributed by atoms with Gasteiger partial charge in [-0.25, -0.2) is 9.18 Å². The van der Waals surface area contributed by atoms with Crippen molar-refractivity contribution in [2.24, 2.45) is 7.05 Å². The minimum Gasteiger partial charge on any atom is -0.485 e. The maximum absolute atomic E-state index is 15.2. The Kier molecular flexibility index (Phi) is 7.68. The first-order chi connectivity index (χ1) is 15.8. The van der Waals surface area contributed by atoms with E-state index < -0.39 is 23.5 Å². The standard InChI is InChI=1S/C25H31FN4O3/c1-6-18(7-2)27-24(31)19-14-20(26)21(30-25(32)29(5)23(8-3)28-30)15-22(19)33-16(4)17-12-10-9-11-13-17/h9-16,18H,6-8H2,1-5H3,(H,27,31). The number of carbonyl (C=O) groups excluding carboxylic acids is 1. The van der Waals surface area contributed by atoms with Crippen molar-refractivity contribution in [1.29, 1.82) is 0 Å². The van der Waals surface area contributed by atoms with Crippen LogP contribution in [-0.2, 0) is 13.5 Å². The molecule has 0 radical (unpaired) electrons. The van der Waals surface area contributed by atoms with Crippen LogP contribution < -0.4 is 15.7 Å². The van der Waals surface area contributed by atoms with E-state index in [1.807, 2.05) is 58.0 Å². The number of benzene rings is 2. The van der Waals surface area contributed by atoms with Crippen molar-refractivity contribution in [3.63, 3.8) is 0 Å². The van der Waals surface area contributed by atoms with Crippen molar-refractivity contribution in [1.82, 2.24) is 19.7 Å². The summed E-state index contributed by atoms with van der Waals surface area (Å²) in [7, 11) is 1.59. The molecule has 1 amide bonds. The Labute approximate surface area is 193 Å². The first kappa shape index (κ1) is 24.2. The van der Waals surface area contributed by atoms with E-state index in [9.17, 15) is 9.59 Å². The summed E-state index contributed by atoms with van der Waals surface area (Å²) in [6, 6.07) is 12.0. The number of carbonyl (C=O) groups is 1. The molecule has 0 saturated carbocycles. The first-order valence-electron chi connectivity index (χ1n) is 11.3. The molecule has 1 unspecified atom stereocenters. The zero-order valence-electron chi connectivity index (χ0n) is 19.8. The fourth-order valence-corrected chi connectivity index (χ4v) is 3.66. The predicted molar refractivity (Wildman–Crippen MR) is 125 cm³/mol. The molecule has 1 heterocycles. The van der Waals surface area contributed by atoms with E-state index in [4.69, 9.17) is 4.74 Å². The fourth-order valence-electron chi connectivity index (χ4n) is 3.66. The second-order valence-corrected chi connectivity index (χ2v) is 7.98. The number of halogens is 1. The van der Waals surface area contributed by atoms with Gasteiger partial charge in [0, 0.05) is 25.6 Å². The predicted octanol–water partition coefficient (Wildman–Crippen LogP) is 4.33. The van der Waals surface area contributed by atoms with Crippen LogP contribution in [0.5, 0.6) is 5.75 Å². The molecular formula is C25H31FN4O3. The molecule has 33 heavy (non-hydrogen) atoms. The molecule has 1 atom stereocenters. The Morgan fingerprint density at radius 2 is 1.82 bits per heavy atom. The van der Waals surface area contributed by atoms with Crippen LogP contribution >= 0.6 is 0 Å². The van der Waals surface area contributed by atoms with Gasteiger partial charge in [-0.1, -0.05) is 51.1 Å².